The molecule has 0 spiro atoms. The molecule has 17 heavy (non-hydrogen) atoms. The predicted molar refractivity (Wildman–Crippen MR) is 76.6 cm³/mol. The van der Waals surface area contributed by atoms with Gasteiger partial charge in [0.15, 0.2) is 0 Å². The van der Waals surface area contributed by atoms with Crippen LogP contribution >= 0.6 is 11.6 Å². The minimum absolute atomic E-state index is 0.570. The molecule has 1 aromatic rings. The van der Waals surface area contributed by atoms with Gasteiger partial charge in [-0.2, -0.15) is 0 Å². The van der Waals surface area contributed by atoms with E-state index in [4.69, 9.17) is 11.6 Å². The Hall–Kier alpha value is -0.530. The summed E-state index contributed by atoms with van der Waals surface area (Å²) < 4.78 is 0. The van der Waals surface area contributed by atoms with Gasteiger partial charge in [-0.1, -0.05) is 51.4 Å². The lowest BCUT2D eigenvalue weighted by Gasteiger charge is -2.21. The van der Waals surface area contributed by atoms with Crippen LogP contribution in [0.15, 0.2) is 24.3 Å². The van der Waals surface area contributed by atoms with E-state index in [1.54, 1.807) is 0 Å². The predicted octanol–water partition coefficient (Wildman–Crippen LogP) is 4.15. The number of rotatable bonds is 6. The second-order valence-corrected chi connectivity index (χ2v) is 5.78. The lowest BCUT2D eigenvalue weighted by Crippen LogP contribution is -2.31. The van der Waals surface area contributed by atoms with Crippen LogP contribution < -0.4 is 5.32 Å². The summed E-state index contributed by atoms with van der Waals surface area (Å²) in [5.41, 5.74) is 1.37. The maximum atomic E-state index is 5.89. The molecule has 0 heterocycles. The molecule has 2 heteroatoms. The van der Waals surface area contributed by atoms with Gasteiger partial charge < -0.3 is 5.32 Å². The molecule has 1 N–H and O–H groups in total. The molecular weight excluding hydrogens is 230 g/mol. The maximum absolute atomic E-state index is 5.89. The molecule has 1 nitrogen and oxygen atoms in total. The van der Waals surface area contributed by atoms with Crippen LogP contribution in [0.4, 0.5) is 0 Å². The van der Waals surface area contributed by atoms with E-state index in [0.717, 1.165) is 18.0 Å². The van der Waals surface area contributed by atoms with E-state index in [9.17, 15) is 0 Å². The SMILES string of the molecule is CC(C)NCC(C)C(C)Cc1ccc(Cl)cc1. The van der Waals surface area contributed by atoms with Gasteiger partial charge in [-0.3, -0.25) is 0 Å². The highest BCUT2D eigenvalue weighted by molar-refractivity contribution is 6.30. The zero-order valence-electron chi connectivity index (χ0n) is 11.3. The Bertz CT molecular complexity index is 318. The molecule has 0 saturated carbocycles. The van der Waals surface area contributed by atoms with Gasteiger partial charge in [0.2, 0.25) is 0 Å². The molecular formula is C15H24ClN. The van der Waals surface area contributed by atoms with Gasteiger partial charge in [0.05, 0.1) is 0 Å². The van der Waals surface area contributed by atoms with Crippen molar-refractivity contribution in [1.82, 2.24) is 5.32 Å². The van der Waals surface area contributed by atoms with Crippen LogP contribution in [0.3, 0.4) is 0 Å². The van der Waals surface area contributed by atoms with Crippen molar-refractivity contribution in [3.63, 3.8) is 0 Å². The summed E-state index contributed by atoms with van der Waals surface area (Å²) in [5.74, 6) is 1.37. The summed E-state index contributed by atoms with van der Waals surface area (Å²) in [6, 6.07) is 8.77. The summed E-state index contributed by atoms with van der Waals surface area (Å²) in [7, 11) is 0. The summed E-state index contributed by atoms with van der Waals surface area (Å²) >= 11 is 5.89. The van der Waals surface area contributed by atoms with Gasteiger partial charge in [-0.05, 0) is 42.5 Å². The van der Waals surface area contributed by atoms with Gasteiger partial charge in [0, 0.05) is 11.1 Å². The van der Waals surface area contributed by atoms with E-state index in [2.05, 4.69) is 45.1 Å². The Kier molecular flexibility index (Phi) is 6.01. The summed E-state index contributed by atoms with van der Waals surface area (Å²) in [6.45, 7) is 10.1. The fourth-order valence-electron chi connectivity index (χ4n) is 1.82. The number of nitrogens with one attached hydrogen (secondary N) is 1. The van der Waals surface area contributed by atoms with Gasteiger partial charge in [-0.25, -0.2) is 0 Å². The Morgan fingerprint density at radius 1 is 1.00 bits per heavy atom. The fourth-order valence-corrected chi connectivity index (χ4v) is 1.94. The third-order valence-corrected chi connectivity index (χ3v) is 3.54. The number of hydrogen-bond donors (Lipinski definition) is 1. The van der Waals surface area contributed by atoms with Crippen molar-refractivity contribution in [2.45, 2.75) is 40.2 Å². The first kappa shape index (κ1) is 14.5. The van der Waals surface area contributed by atoms with Crippen molar-refractivity contribution in [3.8, 4) is 0 Å². The summed E-state index contributed by atoms with van der Waals surface area (Å²) in [4.78, 5) is 0. The smallest absolute Gasteiger partial charge is 0.0406 e. The topological polar surface area (TPSA) is 12.0 Å². The fraction of sp³-hybridized carbons (Fsp3) is 0.600. The van der Waals surface area contributed by atoms with Crippen LogP contribution in [0.5, 0.6) is 0 Å². The molecule has 0 bridgehead atoms. The lowest BCUT2D eigenvalue weighted by molar-refractivity contribution is 0.354. The van der Waals surface area contributed by atoms with E-state index in [1.807, 2.05) is 12.1 Å². The molecule has 0 aliphatic carbocycles. The monoisotopic (exact) mass is 253 g/mol. The third-order valence-electron chi connectivity index (χ3n) is 3.29. The molecule has 0 aliphatic heterocycles. The van der Waals surface area contributed by atoms with Crippen molar-refractivity contribution in [1.29, 1.82) is 0 Å². The van der Waals surface area contributed by atoms with E-state index >= 15 is 0 Å². The first-order valence-electron chi connectivity index (χ1n) is 6.47. The van der Waals surface area contributed by atoms with Crippen LogP contribution in [-0.2, 0) is 6.42 Å². The Morgan fingerprint density at radius 3 is 2.12 bits per heavy atom. The largest absolute Gasteiger partial charge is 0.314 e. The molecule has 0 saturated heterocycles. The van der Waals surface area contributed by atoms with Gasteiger partial charge >= 0.3 is 0 Å². The third kappa shape index (κ3) is 5.56. The quantitative estimate of drug-likeness (QED) is 0.803. The zero-order valence-corrected chi connectivity index (χ0v) is 12.1. The summed E-state index contributed by atoms with van der Waals surface area (Å²) in [5, 5.41) is 4.32. The maximum Gasteiger partial charge on any atom is 0.0406 e. The minimum atomic E-state index is 0.570. The first-order valence-corrected chi connectivity index (χ1v) is 6.84. The highest BCUT2D eigenvalue weighted by Crippen LogP contribution is 2.18. The van der Waals surface area contributed by atoms with E-state index in [1.165, 1.54) is 5.56 Å². The highest BCUT2D eigenvalue weighted by atomic mass is 35.5. The van der Waals surface area contributed by atoms with Gasteiger partial charge in [0.25, 0.3) is 0 Å². The molecule has 2 atom stereocenters. The molecule has 0 fully saturated rings. The van der Waals surface area contributed by atoms with E-state index in [-0.39, 0.29) is 0 Å². The van der Waals surface area contributed by atoms with Crippen LogP contribution in [-0.4, -0.2) is 12.6 Å². The van der Waals surface area contributed by atoms with Crippen LogP contribution in [0.1, 0.15) is 33.3 Å². The molecule has 0 radical (unpaired) electrons. The lowest BCUT2D eigenvalue weighted by atomic mass is 9.89. The van der Waals surface area contributed by atoms with Crippen LogP contribution in [0.2, 0.25) is 5.02 Å². The van der Waals surface area contributed by atoms with Crippen LogP contribution in [0, 0.1) is 11.8 Å². The van der Waals surface area contributed by atoms with Crippen molar-refractivity contribution in [3.05, 3.63) is 34.9 Å². The standard InChI is InChI=1S/C15H24ClN/c1-11(2)17-10-13(4)12(3)9-14-5-7-15(16)8-6-14/h5-8,11-13,17H,9-10H2,1-4H3. The molecule has 0 aliphatic rings. The van der Waals surface area contributed by atoms with Crippen LogP contribution in [0.25, 0.3) is 0 Å². The van der Waals surface area contributed by atoms with E-state index < -0.39 is 0 Å². The highest BCUT2D eigenvalue weighted by Gasteiger charge is 2.12. The van der Waals surface area contributed by atoms with Crippen molar-refractivity contribution in [2.75, 3.05) is 6.54 Å². The Labute approximate surface area is 111 Å². The average molecular weight is 254 g/mol. The Balaban J connectivity index is 2.42. The number of halogens is 1. The molecule has 2 unspecified atom stereocenters. The zero-order chi connectivity index (χ0) is 12.8. The van der Waals surface area contributed by atoms with Gasteiger partial charge in [0.1, 0.15) is 0 Å². The summed E-state index contributed by atoms with van der Waals surface area (Å²) in [6.07, 6.45) is 1.12. The molecule has 0 aromatic heterocycles. The second kappa shape index (κ2) is 7.03. The van der Waals surface area contributed by atoms with Crippen molar-refractivity contribution in [2.24, 2.45) is 11.8 Å². The molecule has 1 rings (SSSR count). The molecule has 0 amide bonds. The van der Waals surface area contributed by atoms with Crippen molar-refractivity contribution >= 4 is 11.6 Å². The molecule has 1 aromatic carbocycles. The first-order chi connectivity index (χ1) is 7.99. The minimum Gasteiger partial charge on any atom is -0.314 e. The Morgan fingerprint density at radius 2 is 1.59 bits per heavy atom. The number of benzene rings is 1. The number of hydrogen-bond acceptors (Lipinski definition) is 1. The van der Waals surface area contributed by atoms with E-state index in [0.29, 0.717) is 17.9 Å². The molecule has 96 valence electrons. The van der Waals surface area contributed by atoms with Crippen molar-refractivity contribution < 1.29 is 0 Å². The average Bonchev–Trinajstić information content (AvgIpc) is 2.28. The second-order valence-electron chi connectivity index (χ2n) is 5.35. The van der Waals surface area contributed by atoms with Gasteiger partial charge in [-0.15, -0.1) is 0 Å². The normalized spacial score (nSPS) is 14.9.